The zero-order valence-electron chi connectivity index (χ0n) is 6.72. The van der Waals surface area contributed by atoms with E-state index in [-0.39, 0.29) is 0 Å². The minimum atomic E-state index is 0.549. The maximum atomic E-state index is 5.70. The summed E-state index contributed by atoms with van der Waals surface area (Å²) in [5.41, 5.74) is 0. The van der Waals surface area contributed by atoms with Crippen LogP contribution in [0.4, 0.5) is 0 Å². The molecule has 12 heavy (non-hydrogen) atoms. The quantitative estimate of drug-likeness (QED) is 0.740. The molecule has 1 rings (SSSR count). The molecule has 0 aromatic carbocycles. The lowest BCUT2D eigenvalue weighted by atomic mass is 10.5. The molecule has 0 N–H and O–H groups in total. The molecule has 1 unspecified atom stereocenters. The molecule has 0 spiro atoms. The number of hydrogen-bond donors (Lipinski definition) is 0. The highest BCUT2D eigenvalue weighted by Crippen LogP contribution is 2.25. The number of rotatable bonds is 4. The third-order valence-electron chi connectivity index (χ3n) is 1.35. The molecule has 0 aliphatic carbocycles. The highest BCUT2D eigenvalue weighted by Gasteiger charge is 2.02. The summed E-state index contributed by atoms with van der Waals surface area (Å²) in [6.07, 6.45) is 0. The summed E-state index contributed by atoms with van der Waals surface area (Å²) in [7, 11) is 0. The van der Waals surface area contributed by atoms with Crippen LogP contribution in [-0.2, 0) is 5.75 Å². The van der Waals surface area contributed by atoms with E-state index in [9.17, 15) is 0 Å². The molecule has 0 aliphatic rings. The molecule has 0 aliphatic heterocycles. The van der Waals surface area contributed by atoms with Crippen molar-refractivity contribution in [1.82, 2.24) is 0 Å². The van der Waals surface area contributed by atoms with Crippen LogP contribution in [0, 0.1) is 0 Å². The molecule has 1 aromatic heterocycles. The second-order valence-electron chi connectivity index (χ2n) is 2.51. The number of thiophene rings is 1. The summed E-state index contributed by atoms with van der Waals surface area (Å²) in [6, 6.07) is 2.17. The van der Waals surface area contributed by atoms with Gasteiger partial charge in [-0.05, 0) is 22.0 Å². The topological polar surface area (TPSA) is 0 Å². The average Bonchev–Trinajstić information content (AvgIpc) is 2.47. The Morgan fingerprint density at radius 3 is 3.00 bits per heavy atom. The van der Waals surface area contributed by atoms with E-state index in [1.54, 1.807) is 11.3 Å². The first-order valence-corrected chi connectivity index (χ1v) is 6.88. The maximum Gasteiger partial charge on any atom is 0.0340 e. The molecule has 0 amide bonds. The van der Waals surface area contributed by atoms with Crippen LogP contribution in [0.3, 0.4) is 0 Å². The number of hydrogen-bond acceptors (Lipinski definition) is 2. The van der Waals surface area contributed by atoms with E-state index in [4.69, 9.17) is 11.6 Å². The van der Waals surface area contributed by atoms with Gasteiger partial charge in [0, 0.05) is 31.6 Å². The standard InChI is InChI=1S/C8H10BrClS2/c1-6(3-10)11-5-8-2-7(9)4-12-8/h2,4,6H,3,5H2,1H3. The van der Waals surface area contributed by atoms with E-state index >= 15 is 0 Å². The van der Waals surface area contributed by atoms with Gasteiger partial charge in [0.1, 0.15) is 0 Å². The molecule has 1 aromatic rings. The van der Waals surface area contributed by atoms with Crippen LogP contribution in [0.5, 0.6) is 0 Å². The van der Waals surface area contributed by atoms with Gasteiger partial charge in [-0.2, -0.15) is 11.8 Å². The molecule has 0 saturated heterocycles. The van der Waals surface area contributed by atoms with Gasteiger partial charge in [0.15, 0.2) is 0 Å². The molecule has 4 heteroatoms. The van der Waals surface area contributed by atoms with Gasteiger partial charge in [0.2, 0.25) is 0 Å². The molecular formula is C8H10BrClS2. The summed E-state index contributed by atoms with van der Waals surface area (Å²) in [5, 5.41) is 2.66. The van der Waals surface area contributed by atoms with E-state index in [0.29, 0.717) is 5.25 Å². The van der Waals surface area contributed by atoms with Crippen molar-refractivity contribution < 1.29 is 0 Å². The minimum Gasteiger partial charge on any atom is -0.152 e. The van der Waals surface area contributed by atoms with Crippen LogP contribution in [0.25, 0.3) is 0 Å². The zero-order valence-corrected chi connectivity index (χ0v) is 10.7. The first-order chi connectivity index (χ1) is 5.72. The highest BCUT2D eigenvalue weighted by molar-refractivity contribution is 9.10. The second-order valence-corrected chi connectivity index (χ2v) is 6.15. The van der Waals surface area contributed by atoms with E-state index in [2.05, 4.69) is 34.3 Å². The lowest BCUT2D eigenvalue weighted by Gasteiger charge is -2.04. The van der Waals surface area contributed by atoms with E-state index < -0.39 is 0 Å². The lowest BCUT2D eigenvalue weighted by Crippen LogP contribution is -1.96. The van der Waals surface area contributed by atoms with Gasteiger partial charge in [-0.1, -0.05) is 6.92 Å². The fourth-order valence-corrected chi connectivity index (χ4v) is 3.30. The van der Waals surface area contributed by atoms with Crippen molar-refractivity contribution in [3.8, 4) is 0 Å². The average molecular weight is 286 g/mol. The van der Waals surface area contributed by atoms with Crippen molar-refractivity contribution in [2.24, 2.45) is 0 Å². The van der Waals surface area contributed by atoms with Crippen molar-refractivity contribution in [2.45, 2.75) is 17.9 Å². The van der Waals surface area contributed by atoms with Crippen LogP contribution < -0.4 is 0 Å². The van der Waals surface area contributed by atoms with E-state index in [0.717, 1.165) is 11.6 Å². The first-order valence-electron chi connectivity index (χ1n) is 3.63. The fourth-order valence-electron chi connectivity index (χ4n) is 0.698. The largest absolute Gasteiger partial charge is 0.152 e. The monoisotopic (exact) mass is 284 g/mol. The second kappa shape index (κ2) is 5.53. The van der Waals surface area contributed by atoms with Crippen molar-refractivity contribution in [3.63, 3.8) is 0 Å². The van der Waals surface area contributed by atoms with Crippen LogP contribution in [0.1, 0.15) is 11.8 Å². The number of thioether (sulfide) groups is 1. The summed E-state index contributed by atoms with van der Waals surface area (Å²) in [6.45, 7) is 2.15. The molecule has 0 fully saturated rings. The molecule has 0 saturated carbocycles. The highest BCUT2D eigenvalue weighted by atomic mass is 79.9. The Hall–Kier alpha value is 0.820. The van der Waals surface area contributed by atoms with E-state index in [1.807, 2.05) is 11.8 Å². The van der Waals surface area contributed by atoms with Crippen molar-refractivity contribution >= 4 is 50.6 Å². The number of alkyl halides is 1. The SMILES string of the molecule is CC(CCl)SCc1cc(Br)cs1. The normalized spacial score (nSPS) is 13.2. The van der Waals surface area contributed by atoms with Gasteiger partial charge in [-0.15, -0.1) is 22.9 Å². The summed E-state index contributed by atoms with van der Waals surface area (Å²) >= 11 is 12.8. The van der Waals surface area contributed by atoms with Crippen molar-refractivity contribution in [3.05, 3.63) is 20.8 Å². The predicted octanol–water partition coefficient (Wildman–Crippen LogP) is 4.37. The summed E-state index contributed by atoms with van der Waals surface area (Å²) in [4.78, 5) is 1.41. The zero-order chi connectivity index (χ0) is 8.97. The Labute approximate surface area is 94.8 Å². The smallest absolute Gasteiger partial charge is 0.0340 e. The predicted molar refractivity (Wildman–Crippen MR) is 63.5 cm³/mol. The molecule has 1 heterocycles. The molecular weight excluding hydrogens is 276 g/mol. The lowest BCUT2D eigenvalue weighted by molar-refractivity contribution is 1.12. The van der Waals surface area contributed by atoms with Gasteiger partial charge in [-0.3, -0.25) is 0 Å². The van der Waals surface area contributed by atoms with Crippen LogP contribution >= 0.6 is 50.6 Å². The van der Waals surface area contributed by atoms with Crippen molar-refractivity contribution in [2.75, 3.05) is 5.88 Å². The Bertz CT molecular complexity index is 237. The van der Waals surface area contributed by atoms with Gasteiger partial charge in [-0.25, -0.2) is 0 Å². The van der Waals surface area contributed by atoms with Crippen molar-refractivity contribution in [1.29, 1.82) is 0 Å². The third-order valence-corrected chi connectivity index (χ3v) is 5.09. The molecule has 0 nitrogen and oxygen atoms in total. The van der Waals surface area contributed by atoms with Gasteiger partial charge >= 0.3 is 0 Å². The summed E-state index contributed by atoms with van der Waals surface area (Å²) in [5.74, 6) is 1.81. The maximum absolute atomic E-state index is 5.70. The molecule has 1 atom stereocenters. The third kappa shape index (κ3) is 3.69. The molecule has 0 bridgehead atoms. The minimum absolute atomic E-state index is 0.549. The van der Waals surface area contributed by atoms with Gasteiger partial charge in [0.25, 0.3) is 0 Å². The Morgan fingerprint density at radius 1 is 1.75 bits per heavy atom. The Kier molecular flexibility index (Phi) is 5.02. The summed E-state index contributed by atoms with van der Waals surface area (Å²) < 4.78 is 1.18. The number of halogens is 2. The van der Waals surface area contributed by atoms with Crippen LogP contribution in [-0.4, -0.2) is 11.1 Å². The van der Waals surface area contributed by atoms with Gasteiger partial charge < -0.3 is 0 Å². The first kappa shape index (κ1) is 10.9. The van der Waals surface area contributed by atoms with E-state index in [1.165, 1.54) is 9.35 Å². The van der Waals surface area contributed by atoms with Gasteiger partial charge in [0.05, 0.1) is 0 Å². The van der Waals surface area contributed by atoms with Crippen LogP contribution in [0.15, 0.2) is 15.9 Å². The molecule has 0 radical (unpaired) electrons. The Balaban J connectivity index is 2.33. The van der Waals surface area contributed by atoms with Crippen LogP contribution in [0.2, 0.25) is 0 Å². The molecule has 68 valence electrons. The Morgan fingerprint density at radius 2 is 2.50 bits per heavy atom. The fraction of sp³-hybridized carbons (Fsp3) is 0.500.